The molecule has 3 rings (SSSR count). The summed E-state index contributed by atoms with van der Waals surface area (Å²) < 4.78 is 4.98. The average Bonchev–Trinajstić information content (AvgIpc) is 2.90. The highest BCUT2D eigenvalue weighted by Crippen LogP contribution is 2.20. The molecule has 5 heteroatoms. The highest BCUT2D eigenvalue weighted by atomic mass is 16.5. The Kier molecular flexibility index (Phi) is 3.96. The molecule has 0 bridgehead atoms. The monoisotopic (exact) mass is 294 g/mol. The lowest BCUT2D eigenvalue weighted by Gasteiger charge is -2.08. The Morgan fingerprint density at radius 3 is 2.36 bits per heavy atom. The summed E-state index contributed by atoms with van der Waals surface area (Å²) >= 11 is 0. The number of esters is 1. The van der Waals surface area contributed by atoms with E-state index in [1.807, 2.05) is 48.5 Å². The fraction of sp³-hybridized carbons (Fsp3) is 0.118. The predicted molar refractivity (Wildman–Crippen MR) is 83.1 cm³/mol. The molecule has 1 saturated heterocycles. The van der Waals surface area contributed by atoms with Gasteiger partial charge >= 0.3 is 5.97 Å². The van der Waals surface area contributed by atoms with Gasteiger partial charge in [0.15, 0.2) is 5.92 Å². The number of nitrogens with one attached hydrogen (secondary N) is 1. The smallest absolute Gasteiger partial charge is 0.324 e. The van der Waals surface area contributed by atoms with Crippen LogP contribution >= 0.6 is 0 Å². The molecule has 1 fully saturated rings. The van der Waals surface area contributed by atoms with Crippen molar-refractivity contribution in [3.63, 3.8) is 0 Å². The first-order chi connectivity index (χ1) is 10.7. The third-order valence-electron chi connectivity index (χ3n) is 3.26. The summed E-state index contributed by atoms with van der Waals surface area (Å²) in [5, 5.41) is 2.71. The van der Waals surface area contributed by atoms with Crippen LogP contribution in [0.4, 0.5) is 11.4 Å². The van der Waals surface area contributed by atoms with Crippen molar-refractivity contribution in [3.8, 4) is 0 Å². The summed E-state index contributed by atoms with van der Waals surface area (Å²) in [4.78, 5) is 28.5. The molecule has 0 saturated carbocycles. The first kappa shape index (κ1) is 14.0. The van der Waals surface area contributed by atoms with Crippen LogP contribution in [0.1, 0.15) is 0 Å². The minimum Gasteiger partial charge on any atom is -0.459 e. The van der Waals surface area contributed by atoms with Crippen molar-refractivity contribution >= 4 is 29.0 Å². The molecule has 0 radical (unpaired) electrons. The molecule has 1 amide bonds. The number of hydrogen-bond acceptors (Lipinski definition) is 4. The molecular weight excluding hydrogens is 280 g/mol. The van der Waals surface area contributed by atoms with Crippen molar-refractivity contribution in [2.45, 2.75) is 0 Å². The normalized spacial score (nSPS) is 19.0. The molecule has 1 N–H and O–H groups in total. The lowest BCUT2D eigenvalue weighted by Crippen LogP contribution is -2.31. The molecule has 0 aliphatic carbocycles. The number of rotatable bonds is 3. The highest BCUT2D eigenvalue weighted by Gasteiger charge is 2.39. The van der Waals surface area contributed by atoms with E-state index in [1.165, 1.54) is 0 Å². The Hall–Kier alpha value is -2.95. The molecule has 1 aliphatic heterocycles. The van der Waals surface area contributed by atoms with Gasteiger partial charge in [-0.25, -0.2) is 0 Å². The SMILES string of the molecule is O=C(Nc1ccccc1)C1C(=O)OCC1=Nc1ccccc1. The molecule has 1 aliphatic rings. The Morgan fingerprint density at radius 1 is 1.05 bits per heavy atom. The summed E-state index contributed by atoms with van der Waals surface area (Å²) in [5.74, 6) is -1.99. The number of cyclic esters (lactones) is 1. The van der Waals surface area contributed by atoms with Crippen molar-refractivity contribution in [1.82, 2.24) is 0 Å². The van der Waals surface area contributed by atoms with Crippen LogP contribution in [-0.2, 0) is 14.3 Å². The highest BCUT2D eigenvalue weighted by molar-refractivity contribution is 6.25. The van der Waals surface area contributed by atoms with Gasteiger partial charge in [-0.3, -0.25) is 14.6 Å². The van der Waals surface area contributed by atoms with Crippen LogP contribution in [0.15, 0.2) is 65.7 Å². The van der Waals surface area contributed by atoms with Gasteiger partial charge in [0, 0.05) is 5.69 Å². The standard InChI is InChI=1S/C17H14N2O3/c20-16(19-13-9-5-2-6-10-13)15-14(11-22-17(15)21)18-12-7-3-1-4-8-12/h1-10,15H,11H2,(H,19,20). The van der Waals surface area contributed by atoms with Gasteiger partial charge in [0.25, 0.3) is 0 Å². The van der Waals surface area contributed by atoms with Gasteiger partial charge in [-0.2, -0.15) is 0 Å². The van der Waals surface area contributed by atoms with Crippen molar-refractivity contribution in [1.29, 1.82) is 0 Å². The topological polar surface area (TPSA) is 67.8 Å². The van der Waals surface area contributed by atoms with Crippen molar-refractivity contribution < 1.29 is 14.3 Å². The van der Waals surface area contributed by atoms with E-state index in [2.05, 4.69) is 10.3 Å². The molecule has 2 aromatic carbocycles. The third kappa shape index (κ3) is 3.03. The maximum atomic E-state index is 12.3. The van der Waals surface area contributed by atoms with Crippen molar-refractivity contribution in [3.05, 3.63) is 60.7 Å². The first-order valence-corrected chi connectivity index (χ1v) is 6.89. The summed E-state index contributed by atoms with van der Waals surface area (Å²) in [6.07, 6.45) is 0. The third-order valence-corrected chi connectivity index (χ3v) is 3.26. The van der Waals surface area contributed by atoms with Gasteiger partial charge in [-0.05, 0) is 24.3 Å². The van der Waals surface area contributed by atoms with Gasteiger partial charge in [-0.15, -0.1) is 0 Å². The number of nitrogens with zero attached hydrogens (tertiary/aromatic N) is 1. The van der Waals surface area contributed by atoms with Crippen LogP contribution in [0.3, 0.4) is 0 Å². The number of hydrogen-bond donors (Lipinski definition) is 1. The van der Waals surface area contributed by atoms with Crippen LogP contribution in [0, 0.1) is 5.92 Å². The van der Waals surface area contributed by atoms with Crippen LogP contribution in [0.5, 0.6) is 0 Å². The van der Waals surface area contributed by atoms with Gasteiger partial charge in [-0.1, -0.05) is 36.4 Å². The Balaban J connectivity index is 1.82. The van der Waals surface area contributed by atoms with Crippen LogP contribution in [-0.4, -0.2) is 24.2 Å². The number of amides is 1. The zero-order chi connectivity index (χ0) is 15.4. The first-order valence-electron chi connectivity index (χ1n) is 6.89. The number of benzene rings is 2. The number of carbonyl (C=O) groups is 2. The van der Waals surface area contributed by atoms with E-state index in [-0.39, 0.29) is 6.61 Å². The second kappa shape index (κ2) is 6.22. The van der Waals surface area contributed by atoms with Crippen molar-refractivity contribution in [2.24, 2.45) is 10.9 Å². The van der Waals surface area contributed by atoms with Crippen molar-refractivity contribution in [2.75, 3.05) is 11.9 Å². The second-order valence-electron chi connectivity index (χ2n) is 4.83. The molecule has 1 atom stereocenters. The van der Waals surface area contributed by atoms with Crippen LogP contribution < -0.4 is 5.32 Å². The fourth-order valence-electron chi connectivity index (χ4n) is 2.21. The number of ether oxygens (including phenoxy) is 1. The molecule has 22 heavy (non-hydrogen) atoms. The number of aliphatic imine (C=N–C) groups is 1. The molecule has 0 aromatic heterocycles. The molecule has 0 spiro atoms. The fourth-order valence-corrected chi connectivity index (χ4v) is 2.21. The van der Waals surface area contributed by atoms with E-state index in [9.17, 15) is 9.59 Å². The minimum atomic E-state index is -1.000. The van der Waals surface area contributed by atoms with E-state index in [0.717, 1.165) is 0 Å². The largest absolute Gasteiger partial charge is 0.459 e. The quantitative estimate of drug-likeness (QED) is 0.699. The Morgan fingerprint density at radius 2 is 1.68 bits per heavy atom. The number of anilines is 1. The van der Waals surface area contributed by atoms with Gasteiger partial charge < -0.3 is 10.1 Å². The lowest BCUT2D eigenvalue weighted by atomic mass is 10.1. The van der Waals surface area contributed by atoms with Crippen LogP contribution in [0.25, 0.3) is 0 Å². The summed E-state index contributed by atoms with van der Waals surface area (Å²) in [6.45, 7) is 0.0423. The molecule has 110 valence electrons. The predicted octanol–water partition coefficient (Wildman–Crippen LogP) is 2.57. The Bertz CT molecular complexity index is 711. The van der Waals surface area contributed by atoms with Gasteiger partial charge in [0.1, 0.15) is 6.61 Å². The molecular formula is C17H14N2O3. The second-order valence-corrected chi connectivity index (χ2v) is 4.83. The van der Waals surface area contributed by atoms with Crippen LogP contribution in [0.2, 0.25) is 0 Å². The molecule has 1 unspecified atom stereocenters. The molecule has 2 aromatic rings. The van der Waals surface area contributed by atoms with E-state index in [0.29, 0.717) is 17.1 Å². The number of carbonyl (C=O) groups excluding carboxylic acids is 2. The maximum Gasteiger partial charge on any atom is 0.324 e. The molecule has 5 nitrogen and oxygen atoms in total. The summed E-state index contributed by atoms with van der Waals surface area (Å²) in [5.41, 5.74) is 1.74. The lowest BCUT2D eigenvalue weighted by molar-refractivity contribution is -0.143. The Labute approximate surface area is 127 Å². The van der Waals surface area contributed by atoms with Gasteiger partial charge in [0.05, 0.1) is 11.4 Å². The average molecular weight is 294 g/mol. The minimum absolute atomic E-state index is 0.0423. The summed E-state index contributed by atoms with van der Waals surface area (Å²) in [7, 11) is 0. The zero-order valence-corrected chi connectivity index (χ0v) is 11.7. The molecule has 1 heterocycles. The van der Waals surface area contributed by atoms with E-state index >= 15 is 0 Å². The number of para-hydroxylation sites is 2. The van der Waals surface area contributed by atoms with E-state index < -0.39 is 17.8 Å². The van der Waals surface area contributed by atoms with Gasteiger partial charge in [0.2, 0.25) is 5.91 Å². The maximum absolute atomic E-state index is 12.3. The summed E-state index contributed by atoms with van der Waals surface area (Å²) in [6, 6.07) is 18.2. The van der Waals surface area contributed by atoms with E-state index in [1.54, 1.807) is 12.1 Å². The zero-order valence-electron chi connectivity index (χ0n) is 11.7. The van der Waals surface area contributed by atoms with E-state index in [4.69, 9.17) is 4.74 Å².